The average Bonchev–Trinajstić information content (AvgIpc) is 4.08. The van der Waals surface area contributed by atoms with Crippen LogP contribution in [0, 0.1) is 0 Å². The van der Waals surface area contributed by atoms with Crippen LogP contribution < -0.4 is 20.6 Å². The summed E-state index contributed by atoms with van der Waals surface area (Å²) in [6.07, 6.45) is 0. The maximum atomic E-state index is 4.93. The molecule has 0 N–H and O–H groups in total. The summed E-state index contributed by atoms with van der Waals surface area (Å²) < 4.78 is 20.8. The lowest BCUT2D eigenvalue weighted by atomic mass is 9.67. The topological polar surface area (TPSA) is 51.6 Å². The van der Waals surface area contributed by atoms with Crippen LogP contribution in [-0.4, -0.2) is 32.8 Å². The van der Waals surface area contributed by atoms with E-state index < -0.39 is 8.07 Å². The molecule has 0 bridgehead atoms. The van der Waals surface area contributed by atoms with Crippen molar-refractivity contribution >= 4 is 127 Å². The van der Waals surface area contributed by atoms with Crippen LogP contribution in [0.2, 0.25) is 13.1 Å². The second-order valence-electron chi connectivity index (χ2n) is 16.0. The molecule has 4 nitrogen and oxygen atoms in total. The van der Waals surface area contributed by atoms with E-state index >= 15 is 0 Å². The zero-order chi connectivity index (χ0) is 38.2. The van der Waals surface area contributed by atoms with Gasteiger partial charge in [-0.2, -0.15) is 17.5 Å². The van der Waals surface area contributed by atoms with Gasteiger partial charge in [-0.3, -0.25) is 0 Å². The molecule has 0 radical (unpaired) electrons. The van der Waals surface area contributed by atoms with Gasteiger partial charge in [0, 0.05) is 56.2 Å². The largest absolute Gasteiger partial charge is 0.208 e. The molecule has 6 aromatic heterocycles. The van der Waals surface area contributed by atoms with Gasteiger partial charge in [0.1, 0.15) is 24.6 Å². The van der Waals surface area contributed by atoms with E-state index in [4.69, 9.17) is 17.5 Å². The molecule has 0 saturated heterocycles. The van der Waals surface area contributed by atoms with Gasteiger partial charge in [0.2, 0.25) is 7.28 Å². The summed E-state index contributed by atoms with van der Waals surface area (Å²) in [5, 5.41) is 3.14. The van der Waals surface area contributed by atoms with Gasteiger partial charge in [-0.1, -0.05) is 118 Å². The summed E-state index contributed by atoms with van der Waals surface area (Å²) in [6.45, 7) is 9.78. The molecule has 12 heteroatoms. The molecule has 0 spiro atoms. The Hall–Kier alpha value is -4.40. The SMILES string of the molecule is CC1(C)c2cc(Bc3ccc(-c4cc5c(s4)-c4sc(-c6ccccc6)cc4[Si]5(C)C)c4nsnc34)sc2-c2sc(-c3ccc(-c4ccccc4)c4nsnc34)cc21. The molecule has 274 valence electrons. The van der Waals surface area contributed by atoms with Crippen molar-refractivity contribution in [2.24, 2.45) is 0 Å². The Kier molecular flexibility index (Phi) is 7.62. The van der Waals surface area contributed by atoms with E-state index in [-0.39, 0.29) is 5.41 Å². The van der Waals surface area contributed by atoms with Crippen molar-refractivity contribution in [1.29, 1.82) is 0 Å². The Balaban J connectivity index is 0.869. The summed E-state index contributed by atoms with van der Waals surface area (Å²) in [6, 6.07) is 40.3. The van der Waals surface area contributed by atoms with E-state index in [0.29, 0.717) is 0 Å². The third-order valence-corrected chi connectivity index (χ3v) is 21.9. The van der Waals surface area contributed by atoms with Gasteiger partial charge >= 0.3 is 0 Å². The summed E-state index contributed by atoms with van der Waals surface area (Å²) >= 11 is 10.4. The molecule has 0 saturated carbocycles. The summed E-state index contributed by atoms with van der Waals surface area (Å²) in [7, 11) is -0.971. The molecule has 2 aliphatic rings. The molecule has 10 aromatic rings. The summed E-state index contributed by atoms with van der Waals surface area (Å²) in [5.74, 6) is 0. The van der Waals surface area contributed by atoms with Crippen LogP contribution >= 0.6 is 68.8 Å². The van der Waals surface area contributed by atoms with Crippen LogP contribution in [0.15, 0.2) is 109 Å². The standard InChI is InChI=1S/C45H31BN4S6Si/c1-45(2)28-19-32(26-16-15-25(23-11-7-5-8-12-23)37-38(26)48-55-47-37)52-41(28)42-29(45)20-36(54-42)46-30-18-17-27(39-40(30)50-56-49-39)33-22-35-44(53-33)43-34(57(35,3)4)21-31(51-43)24-13-9-6-10-14-24/h5-22,46H,1-4H3. The molecule has 0 atom stereocenters. The zero-order valence-electron chi connectivity index (χ0n) is 31.3. The predicted octanol–water partition coefficient (Wildman–Crippen LogP) is 11.1. The second-order valence-corrected chi connectivity index (χ2v) is 25.7. The quantitative estimate of drug-likeness (QED) is 0.156. The fourth-order valence-electron chi connectivity index (χ4n) is 8.90. The van der Waals surface area contributed by atoms with E-state index in [0.717, 1.165) is 34.9 Å². The first-order valence-corrected chi connectivity index (χ1v) is 26.6. The van der Waals surface area contributed by atoms with Crippen molar-refractivity contribution in [2.75, 3.05) is 0 Å². The van der Waals surface area contributed by atoms with E-state index in [1.807, 2.05) is 45.3 Å². The van der Waals surface area contributed by atoms with E-state index in [2.05, 4.69) is 136 Å². The smallest absolute Gasteiger partial charge is 0.173 e. The Morgan fingerprint density at radius 2 is 1.00 bits per heavy atom. The van der Waals surface area contributed by atoms with E-state index in [1.165, 1.54) is 101 Å². The van der Waals surface area contributed by atoms with Gasteiger partial charge in [0.15, 0.2) is 0 Å². The van der Waals surface area contributed by atoms with Crippen LogP contribution in [0.25, 0.3) is 84.0 Å². The molecular formula is C45H31BN4S6Si. The van der Waals surface area contributed by atoms with Crippen LogP contribution in [0.5, 0.6) is 0 Å². The number of rotatable bonds is 6. The Morgan fingerprint density at radius 1 is 0.491 bits per heavy atom. The number of hydrogen-bond donors (Lipinski definition) is 0. The molecule has 1 aliphatic carbocycles. The minimum absolute atomic E-state index is 0.0834. The van der Waals surface area contributed by atoms with E-state index in [1.54, 1.807) is 10.4 Å². The minimum Gasteiger partial charge on any atom is -0.173 e. The highest BCUT2D eigenvalue weighted by Crippen LogP contribution is 2.56. The molecule has 12 rings (SSSR count). The molecule has 0 amide bonds. The second kappa shape index (κ2) is 12.6. The third-order valence-electron chi connectivity index (χ3n) is 12.0. The highest BCUT2D eigenvalue weighted by Gasteiger charge is 2.42. The molecule has 0 unspecified atom stereocenters. The molecule has 57 heavy (non-hydrogen) atoms. The first kappa shape index (κ1) is 34.6. The maximum absolute atomic E-state index is 4.93. The lowest BCUT2D eigenvalue weighted by molar-refractivity contribution is 0.664. The van der Waals surface area contributed by atoms with Crippen LogP contribution in [0.4, 0.5) is 0 Å². The van der Waals surface area contributed by atoms with Crippen molar-refractivity contribution < 1.29 is 0 Å². The average molecular weight is 859 g/mol. The Bertz CT molecular complexity index is 3240. The van der Waals surface area contributed by atoms with Crippen LogP contribution in [0.3, 0.4) is 0 Å². The number of hydrogen-bond acceptors (Lipinski definition) is 10. The van der Waals surface area contributed by atoms with Crippen molar-refractivity contribution in [1.82, 2.24) is 17.5 Å². The zero-order valence-corrected chi connectivity index (χ0v) is 37.2. The van der Waals surface area contributed by atoms with Gasteiger partial charge in [-0.05, 0) is 61.1 Å². The van der Waals surface area contributed by atoms with Gasteiger partial charge in [0.25, 0.3) is 0 Å². The van der Waals surface area contributed by atoms with Crippen molar-refractivity contribution in [3.8, 4) is 62.0 Å². The van der Waals surface area contributed by atoms with Crippen molar-refractivity contribution in [3.63, 3.8) is 0 Å². The predicted molar refractivity (Wildman–Crippen MR) is 254 cm³/mol. The summed E-state index contributed by atoms with van der Waals surface area (Å²) in [5.41, 5.74) is 14.0. The number of fused-ring (bicyclic) bond motifs is 8. The first-order valence-electron chi connectivity index (χ1n) is 18.9. The number of thiophene rings is 4. The highest BCUT2D eigenvalue weighted by atomic mass is 32.1. The fraction of sp³-hybridized carbons (Fsp3) is 0.111. The number of benzene rings is 4. The molecule has 1 aliphatic heterocycles. The Labute approximate surface area is 356 Å². The summed E-state index contributed by atoms with van der Waals surface area (Å²) in [4.78, 5) is 9.68. The molecule has 4 aromatic carbocycles. The fourth-order valence-corrected chi connectivity index (χ4v) is 20.1. The van der Waals surface area contributed by atoms with Gasteiger partial charge < -0.3 is 0 Å². The molecule has 0 fully saturated rings. The van der Waals surface area contributed by atoms with Gasteiger partial charge in [-0.25, -0.2) is 0 Å². The Morgan fingerprint density at radius 3 is 1.72 bits per heavy atom. The maximum Gasteiger partial charge on any atom is 0.208 e. The van der Waals surface area contributed by atoms with Gasteiger partial charge in [-0.15, -0.1) is 45.3 Å². The monoisotopic (exact) mass is 858 g/mol. The number of nitrogens with zero attached hydrogens (tertiary/aromatic N) is 4. The molecular weight excluding hydrogens is 828 g/mol. The highest BCUT2D eigenvalue weighted by molar-refractivity contribution is 7.31. The molecule has 7 heterocycles. The first-order chi connectivity index (χ1) is 27.7. The normalized spacial score (nSPS) is 14.6. The third kappa shape index (κ3) is 5.11. The van der Waals surface area contributed by atoms with Crippen molar-refractivity contribution in [3.05, 3.63) is 120 Å². The van der Waals surface area contributed by atoms with Crippen LogP contribution in [0.1, 0.15) is 25.0 Å². The van der Waals surface area contributed by atoms with Crippen molar-refractivity contribution in [2.45, 2.75) is 32.4 Å². The van der Waals surface area contributed by atoms with Crippen LogP contribution in [-0.2, 0) is 5.41 Å². The minimum atomic E-state index is -1.82. The number of aromatic nitrogens is 4. The van der Waals surface area contributed by atoms with E-state index in [9.17, 15) is 0 Å². The lowest BCUT2D eigenvalue weighted by Gasteiger charge is -2.19. The van der Waals surface area contributed by atoms with Gasteiger partial charge in [0.05, 0.1) is 29.0 Å². The lowest BCUT2D eigenvalue weighted by Crippen LogP contribution is -2.48.